The van der Waals surface area contributed by atoms with Crippen molar-refractivity contribution in [3.05, 3.63) is 35.0 Å². The molecule has 1 aromatic heterocycles. The third-order valence-electron chi connectivity index (χ3n) is 4.08. The number of pyridine rings is 1. The Kier molecular flexibility index (Phi) is 4.02. The van der Waals surface area contributed by atoms with Gasteiger partial charge < -0.3 is 15.5 Å². The zero-order valence-corrected chi connectivity index (χ0v) is 13.3. The lowest BCUT2D eigenvalue weighted by Gasteiger charge is -2.34. The van der Waals surface area contributed by atoms with E-state index in [1.807, 2.05) is 25.1 Å². The molecule has 2 heterocycles. The molecular formula is C16H21ClN4. The first kappa shape index (κ1) is 14.6. The maximum absolute atomic E-state index is 6.43. The molecule has 0 saturated carbocycles. The van der Waals surface area contributed by atoms with Crippen LogP contribution in [0.25, 0.3) is 10.8 Å². The molecular weight excluding hydrogens is 284 g/mol. The SMILES string of the molecule is CC(N)c1cc2cccc(Cl)c2c(N2CCN(C)CC2)n1. The molecule has 1 unspecified atom stereocenters. The summed E-state index contributed by atoms with van der Waals surface area (Å²) in [5, 5.41) is 2.90. The second kappa shape index (κ2) is 5.79. The van der Waals surface area contributed by atoms with Gasteiger partial charge in [0.15, 0.2) is 0 Å². The van der Waals surface area contributed by atoms with E-state index in [1.165, 1.54) is 0 Å². The van der Waals surface area contributed by atoms with Gasteiger partial charge in [0.2, 0.25) is 0 Å². The number of likely N-dealkylation sites (N-methyl/N-ethyl adjacent to an activating group) is 1. The lowest BCUT2D eigenvalue weighted by Crippen LogP contribution is -2.45. The van der Waals surface area contributed by atoms with Gasteiger partial charge in [0, 0.05) is 37.6 Å². The summed E-state index contributed by atoms with van der Waals surface area (Å²) in [6.07, 6.45) is 0. The van der Waals surface area contributed by atoms with Gasteiger partial charge >= 0.3 is 0 Å². The Labute approximate surface area is 130 Å². The molecule has 0 radical (unpaired) electrons. The van der Waals surface area contributed by atoms with Gasteiger partial charge in [0.1, 0.15) is 5.82 Å². The second-order valence-electron chi connectivity index (χ2n) is 5.79. The molecule has 1 saturated heterocycles. The molecule has 0 aliphatic carbocycles. The fourth-order valence-corrected chi connectivity index (χ4v) is 3.01. The molecule has 1 aliphatic heterocycles. The lowest BCUT2D eigenvalue weighted by atomic mass is 10.1. The van der Waals surface area contributed by atoms with Gasteiger partial charge in [-0.3, -0.25) is 0 Å². The van der Waals surface area contributed by atoms with Crippen molar-refractivity contribution in [2.75, 3.05) is 38.1 Å². The van der Waals surface area contributed by atoms with E-state index in [-0.39, 0.29) is 6.04 Å². The van der Waals surface area contributed by atoms with Gasteiger partial charge in [-0.2, -0.15) is 0 Å². The Bertz CT molecular complexity index is 648. The van der Waals surface area contributed by atoms with Crippen LogP contribution in [-0.4, -0.2) is 43.1 Å². The number of hydrogen-bond acceptors (Lipinski definition) is 4. The molecule has 1 aliphatic rings. The van der Waals surface area contributed by atoms with Crippen molar-refractivity contribution in [3.63, 3.8) is 0 Å². The van der Waals surface area contributed by atoms with Gasteiger partial charge in [0.05, 0.1) is 10.7 Å². The highest BCUT2D eigenvalue weighted by Gasteiger charge is 2.20. The molecule has 1 atom stereocenters. The average Bonchev–Trinajstić information content (AvgIpc) is 2.47. The number of benzene rings is 1. The zero-order chi connectivity index (χ0) is 15.0. The van der Waals surface area contributed by atoms with Crippen LogP contribution < -0.4 is 10.6 Å². The minimum absolute atomic E-state index is 0.0837. The monoisotopic (exact) mass is 304 g/mol. The van der Waals surface area contributed by atoms with E-state index >= 15 is 0 Å². The molecule has 5 heteroatoms. The van der Waals surface area contributed by atoms with Crippen LogP contribution in [0.3, 0.4) is 0 Å². The number of anilines is 1. The number of piperazine rings is 1. The van der Waals surface area contributed by atoms with E-state index in [9.17, 15) is 0 Å². The standard InChI is InChI=1S/C16H21ClN4/c1-11(18)14-10-12-4-3-5-13(17)15(12)16(19-14)21-8-6-20(2)7-9-21/h3-5,10-11H,6-9,18H2,1-2H3. The fourth-order valence-electron chi connectivity index (χ4n) is 2.75. The fraction of sp³-hybridized carbons (Fsp3) is 0.438. The quantitative estimate of drug-likeness (QED) is 0.926. The minimum atomic E-state index is -0.0837. The summed E-state index contributed by atoms with van der Waals surface area (Å²) in [6.45, 7) is 5.97. The van der Waals surface area contributed by atoms with Gasteiger partial charge in [-0.15, -0.1) is 0 Å². The third-order valence-corrected chi connectivity index (χ3v) is 4.39. The van der Waals surface area contributed by atoms with E-state index in [2.05, 4.69) is 22.9 Å². The number of nitrogens with two attached hydrogens (primary N) is 1. The van der Waals surface area contributed by atoms with E-state index in [1.54, 1.807) is 0 Å². The second-order valence-corrected chi connectivity index (χ2v) is 6.19. The Balaban J connectivity index is 2.14. The maximum Gasteiger partial charge on any atom is 0.138 e. The van der Waals surface area contributed by atoms with E-state index in [4.69, 9.17) is 22.3 Å². The van der Waals surface area contributed by atoms with Crippen LogP contribution in [0, 0.1) is 0 Å². The number of halogens is 1. The van der Waals surface area contributed by atoms with Crippen LogP contribution in [0.15, 0.2) is 24.3 Å². The molecule has 1 aromatic carbocycles. The number of aromatic nitrogens is 1. The van der Waals surface area contributed by atoms with Gasteiger partial charge in [-0.05, 0) is 31.5 Å². The van der Waals surface area contributed by atoms with Crippen LogP contribution in [-0.2, 0) is 0 Å². The van der Waals surface area contributed by atoms with Crippen molar-refractivity contribution in [3.8, 4) is 0 Å². The zero-order valence-electron chi connectivity index (χ0n) is 12.5. The van der Waals surface area contributed by atoms with Gasteiger partial charge in [0.25, 0.3) is 0 Å². The van der Waals surface area contributed by atoms with Gasteiger partial charge in [-0.25, -0.2) is 4.98 Å². The molecule has 2 aromatic rings. The molecule has 0 spiro atoms. The first-order chi connectivity index (χ1) is 10.1. The number of rotatable bonds is 2. The molecule has 112 valence electrons. The van der Waals surface area contributed by atoms with E-state index in [0.29, 0.717) is 0 Å². The van der Waals surface area contributed by atoms with Gasteiger partial charge in [-0.1, -0.05) is 23.7 Å². The molecule has 3 rings (SSSR count). The summed E-state index contributed by atoms with van der Waals surface area (Å²) in [4.78, 5) is 9.46. The summed E-state index contributed by atoms with van der Waals surface area (Å²) < 4.78 is 0. The minimum Gasteiger partial charge on any atom is -0.353 e. The number of fused-ring (bicyclic) bond motifs is 1. The first-order valence-electron chi connectivity index (χ1n) is 7.34. The number of hydrogen-bond donors (Lipinski definition) is 1. The van der Waals surface area contributed by atoms with Crippen molar-refractivity contribution in [1.29, 1.82) is 0 Å². The molecule has 1 fully saturated rings. The van der Waals surface area contributed by atoms with E-state index in [0.717, 1.165) is 53.5 Å². The average molecular weight is 305 g/mol. The van der Waals surface area contributed by atoms with Crippen molar-refractivity contribution >= 4 is 28.2 Å². The topological polar surface area (TPSA) is 45.4 Å². The predicted molar refractivity (Wildman–Crippen MR) is 89.1 cm³/mol. The molecule has 4 nitrogen and oxygen atoms in total. The summed E-state index contributed by atoms with van der Waals surface area (Å²) in [5.41, 5.74) is 6.96. The van der Waals surface area contributed by atoms with Crippen LogP contribution >= 0.6 is 11.6 Å². The summed E-state index contributed by atoms with van der Waals surface area (Å²) in [7, 11) is 2.15. The molecule has 21 heavy (non-hydrogen) atoms. The third kappa shape index (κ3) is 2.84. The number of nitrogens with zero attached hydrogens (tertiary/aromatic N) is 3. The predicted octanol–water partition coefficient (Wildman–Crippen LogP) is 2.66. The van der Waals surface area contributed by atoms with Crippen molar-refractivity contribution in [2.24, 2.45) is 5.73 Å². The molecule has 2 N–H and O–H groups in total. The first-order valence-corrected chi connectivity index (χ1v) is 7.72. The Hall–Kier alpha value is -1.36. The highest BCUT2D eigenvalue weighted by Crippen LogP contribution is 2.33. The van der Waals surface area contributed by atoms with Crippen LogP contribution in [0.5, 0.6) is 0 Å². The van der Waals surface area contributed by atoms with Crippen LogP contribution in [0.1, 0.15) is 18.7 Å². The smallest absolute Gasteiger partial charge is 0.138 e. The normalized spacial score (nSPS) is 18.2. The Morgan fingerprint density at radius 3 is 2.62 bits per heavy atom. The Morgan fingerprint density at radius 1 is 1.24 bits per heavy atom. The lowest BCUT2D eigenvalue weighted by molar-refractivity contribution is 0.312. The summed E-state index contributed by atoms with van der Waals surface area (Å²) in [5.74, 6) is 0.971. The molecule has 0 bridgehead atoms. The highest BCUT2D eigenvalue weighted by atomic mass is 35.5. The van der Waals surface area contributed by atoms with Crippen LogP contribution in [0.2, 0.25) is 5.02 Å². The highest BCUT2D eigenvalue weighted by molar-refractivity contribution is 6.36. The largest absolute Gasteiger partial charge is 0.353 e. The Morgan fingerprint density at radius 2 is 1.95 bits per heavy atom. The molecule has 0 amide bonds. The van der Waals surface area contributed by atoms with Crippen molar-refractivity contribution < 1.29 is 0 Å². The van der Waals surface area contributed by atoms with Crippen molar-refractivity contribution in [2.45, 2.75) is 13.0 Å². The van der Waals surface area contributed by atoms with Crippen molar-refractivity contribution in [1.82, 2.24) is 9.88 Å². The van der Waals surface area contributed by atoms with E-state index < -0.39 is 0 Å². The summed E-state index contributed by atoms with van der Waals surface area (Å²) >= 11 is 6.43. The maximum atomic E-state index is 6.43. The summed E-state index contributed by atoms with van der Waals surface area (Å²) in [6, 6.07) is 7.94. The van der Waals surface area contributed by atoms with Crippen LogP contribution in [0.4, 0.5) is 5.82 Å².